The topological polar surface area (TPSA) is 30.5 Å². The molecule has 2 unspecified atom stereocenters. The maximum absolute atomic E-state index is 5.97. The first-order chi connectivity index (χ1) is 9.59. The number of aryl methyl sites for hydroxylation is 1. The highest BCUT2D eigenvalue weighted by atomic mass is 16.5. The van der Waals surface area contributed by atoms with Crippen molar-refractivity contribution in [2.75, 3.05) is 20.8 Å². The monoisotopic (exact) mass is 279 g/mol. The van der Waals surface area contributed by atoms with Crippen molar-refractivity contribution in [2.45, 2.75) is 51.7 Å². The Morgan fingerprint density at radius 3 is 2.30 bits per heavy atom. The van der Waals surface area contributed by atoms with E-state index < -0.39 is 0 Å². The summed E-state index contributed by atoms with van der Waals surface area (Å²) in [5.41, 5.74) is 1.23. The second-order valence-corrected chi connectivity index (χ2v) is 5.33. The fourth-order valence-electron chi connectivity index (χ4n) is 2.64. The lowest BCUT2D eigenvalue weighted by atomic mass is 9.88. The molecule has 3 heteroatoms. The zero-order valence-electron chi connectivity index (χ0n) is 13.5. The summed E-state index contributed by atoms with van der Waals surface area (Å²) in [5.74, 6) is 0.909. The van der Waals surface area contributed by atoms with Crippen LogP contribution in [0.4, 0.5) is 0 Å². The van der Waals surface area contributed by atoms with Crippen molar-refractivity contribution >= 4 is 0 Å². The number of nitrogens with one attached hydrogen (secondary N) is 1. The molecule has 1 rings (SSSR count). The first-order valence-electron chi connectivity index (χ1n) is 7.53. The van der Waals surface area contributed by atoms with E-state index in [9.17, 15) is 0 Å². The van der Waals surface area contributed by atoms with E-state index in [2.05, 4.69) is 38.2 Å². The zero-order valence-corrected chi connectivity index (χ0v) is 13.5. The van der Waals surface area contributed by atoms with E-state index in [0.29, 0.717) is 6.04 Å². The maximum Gasteiger partial charge on any atom is 0.118 e. The van der Waals surface area contributed by atoms with Gasteiger partial charge in [-0.1, -0.05) is 19.1 Å². The summed E-state index contributed by atoms with van der Waals surface area (Å²) in [5, 5.41) is 3.42. The molecule has 20 heavy (non-hydrogen) atoms. The van der Waals surface area contributed by atoms with Crippen LogP contribution in [0.2, 0.25) is 0 Å². The van der Waals surface area contributed by atoms with Gasteiger partial charge in [-0.25, -0.2) is 0 Å². The van der Waals surface area contributed by atoms with E-state index in [1.54, 1.807) is 7.11 Å². The van der Waals surface area contributed by atoms with E-state index in [0.717, 1.165) is 31.6 Å². The minimum absolute atomic E-state index is 0.101. The van der Waals surface area contributed by atoms with E-state index in [-0.39, 0.29) is 5.60 Å². The van der Waals surface area contributed by atoms with Gasteiger partial charge in [-0.2, -0.15) is 0 Å². The number of methoxy groups -OCH3 is 1. The Hall–Kier alpha value is -1.06. The Morgan fingerprint density at radius 2 is 1.85 bits per heavy atom. The quantitative estimate of drug-likeness (QED) is 0.751. The molecule has 0 saturated heterocycles. The van der Waals surface area contributed by atoms with Gasteiger partial charge in [0.15, 0.2) is 0 Å². The highest BCUT2D eigenvalue weighted by Crippen LogP contribution is 2.24. The summed E-state index contributed by atoms with van der Waals surface area (Å²) in [6, 6.07) is 8.66. The van der Waals surface area contributed by atoms with Crippen LogP contribution in [-0.2, 0) is 11.2 Å². The fraction of sp³-hybridized carbons (Fsp3) is 0.647. The number of hydrogen-bond acceptors (Lipinski definition) is 3. The normalized spacial score (nSPS) is 15.7. The van der Waals surface area contributed by atoms with Crippen LogP contribution in [0.15, 0.2) is 24.3 Å². The Labute approximate surface area is 123 Å². The second kappa shape index (κ2) is 8.28. The van der Waals surface area contributed by atoms with Crippen molar-refractivity contribution in [3.05, 3.63) is 29.8 Å². The molecule has 1 N–H and O–H groups in total. The number of rotatable bonds is 9. The molecular formula is C17H29NO2. The Morgan fingerprint density at radius 1 is 1.20 bits per heavy atom. The summed E-state index contributed by atoms with van der Waals surface area (Å²) in [6.07, 6.45) is 3.11. The van der Waals surface area contributed by atoms with Gasteiger partial charge >= 0.3 is 0 Å². The highest BCUT2D eigenvalue weighted by molar-refractivity contribution is 5.27. The lowest BCUT2D eigenvalue weighted by Crippen LogP contribution is -2.49. The lowest BCUT2D eigenvalue weighted by molar-refractivity contribution is -0.0552. The van der Waals surface area contributed by atoms with Gasteiger partial charge in [-0.05, 0) is 57.9 Å². The Balaban J connectivity index is 2.63. The Kier molecular flexibility index (Phi) is 7.03. The molecule has 0 aromatic heterocycles. The van der Waals surface area contributed by atoms with Crippen LogP contribution in [0.5, 0.6) is 5.75 Å². The van der Waals surface area contributed by atoms with Gasteiger partial charge in [0.05, 0.1) is 12.7 Å². The van der Waals surface area contributed by atoms with Gasteiger partial charge in [-0.15, -0.1) is 0 Å². The minimum atomic E-state index is -0.101. The van der Waals surface area contributed by atoms with Crippen LogP contribution in [0.25, 0.3) is 0 Å². The average molecular weight is 279 g/mol. The van der Waals surface area contributed by atoms with Crippen molar-refractivity contribution in [1.82, 2.24) is 5.32 Å². The van der Waals surface area contributed by atoms with Crippen LogP contribution < -0.4 is 10.1 Å². The molecule has 1 aromatic carbocycles. The van der Waals surface area contributed by atoms with Crippen molar-refractivity contribution in [3.63, 3.8) is 0 Å². The molecule has 0 saturated carbocycles. The van der Waals surface area contributed by atoms with Crippen LogP contribution in [0.1, 0.15) is 39.2 Å². The zero-order chi connectivity index (χ0) is 15.0. The van der Waals surface area contributed by atoms with Crippen molar-refractivity contribution in [1.29, 1.82) is 0 Å². The standard InChI is InChI=1S/C17H29NO2/c1-6-17(3,20-7-2)16(18-4)13-10-14-8-11-15(19-5)12-9-14/h8-9,11-12,16,18H,6-7,10,13H2,1-5H3. The third kappa shape index (κ3) is 4.50. The molecule has 0 aliphatic heterocycles. The van der Waals surface area contributed by atoms with Gasteiger partial charge in [0, 0.05) is 12.6 Å². The maximum atomic E-state index is 5.97. The number of likely N-dealkylation sites (N-methyl/N-ethyl adjacent to an activating group) is 1. The molecule has 0 radical (unpaired) electrons. The molecular weight excluding hydrogens is 250 g/mol. The molecule has 0 bridgehead atoms. The van der Waals surface area contributed by atoms with Crippen molar-refractivity contribution < 1.29 is 9.47 Å². The van der Waals surface area contributed by atoms with Gasteiger partial charge in [0.25, 0.3) is 0 Å². The minimum Gasteiger partial charge on any atom is -0.497 e. The molecule has 0 aliphatic rings. The fourth-order valence-corrected chi connectivity index (χ4v) is 2.64. The summed E-state index contributed by atoms with van der Waals surface area (Å²) >= 11 is 0. The highest BCUT2D eigenvalue weighted by Gasteiger charge is 2.31. The summed E-state index contributed by atoms with van der Waals surface area (Å²) in [4.78, 5) is 0. The second-order valence-electron chi connectivity index (χ2n) is 5.33. The van der Waals surface area contributed by atoms with Crippen molar-refractivity contribution in [3.8, 4) is 5.75 Å². The van der Waals surface area contributed by atoms with Crippen LogP contribution in [0, 0.1) is 0 Å². The van der Waals surface area contributed by atoms with Crippen LogP contribution >= 0.6 is 0 Å². The third-order valence-electron chi connectivity index (χ3n) is 4.14. The molecule has 0 heterocycles. The Bertz CT molecular complexity index is 377. The smallest absolute Gasteiger partial charge is 0.118 e. The van der Waals surface area contributed by atoms with Gasteiger partial charge in [0.2, 0.25) is 0 Å². The van der Waals surface area contributed by atoms with Crippen LogP contribution in [-0.4, -0.2) is 32.4 Å². The third-order valence-corrected chi connectivity index (χ3v) is 4.14. The molecule has 1 aromatic rings. The first-order valence-corrected chi connectivity index (χ1v) is 7.53. The predicted molar refractivity (Wildman–Crippen MR) is 84.5 cm³/mol. The van der Waals surface area contributed by atoms with Gasteiger partial charge < -0.3 is 14.8 Å². The van der Waals surface area contributed by atoms with Gasteiger partial charge in [0.1, 0.15) is 5.75 Å². The van der Waals surface area contributed by atoms with E-state index in [4.69, 9.17) is 9.47 Å². The predicted octanol–water partition coefficient (Wildman–Crippen LogP) is 3.42. The van der Waals surface area contributed by atoms with E-state index >= 15 is 0 Å². The SMILES string of the molecule is CCOC(C)(CC)C(CCc1ccc(OC)cc1)NC. The summed E-state index contributed by atoms with van der Waals surface area (Å²) < 4.78 is 11.2. The lowest BCUT2D eigenvalue weighted by Gasteiger charge is -2.37. The molecule has 0 fully saturated rings. The van der Waals surface area contributed by atoms with Crippen molar-refractivity contribution in [2.24, 2.45) is 0 Å². The number of benzene rings is 1. The van der Waals surface area contributed by atoms with Crippen LogP contribution in [0.3, 0.4) is 0 Å². The molecule has 3 nitrogen and oxygen atoms in total. The first kappa shape index (κ1) is 17.0. The number of hydrogen-bond donors (Lipinski definition) is 1. The summed E-state index contributed by atoms with van der Waals surface area (Å²) in [7, 11) is 3.71. The van der Waals surface area contributed by atoms with E-state index in [1.807, 2.05) is 19.2 Å². The molecule has 0 spiro atoms. The molecule has 0 amide bonds. The van der Waals surface area contributed by atoms with Gasteiger partial charge in [-0.3, -0.25) is 0 Å². The summed E-state index contributed by atoms with van der Waals surface area (Å²) in [6.45, 7) is 7.20. The molecule has 2 atom stereocenters. The van der Waals surface area contributed by atoms with E-state index in [1.165, 1.54) is 5.56 Å². The molecule has 114 valence electrons. The number of ether oxygens (including phenoxy) is 2. The molecule has 0 aliphatic carbocycles. The largest absolute Gasteiger partial charge is 0.497 e. The average Bonchev–Trinajstić information content (AvgIpc) is 2.48.